The van der Waals surface area contributed by atoms with E-state index in [1.165, 1.54) is 30.4 Å². The van der Waals surface area contributed by atoms with E-state index in [1.807, 2.05) is 0 Å². The molecule has 2 atom stereocenters. The van der Waals surface area contributed by atoms with Crippen LogP contribution in [-0.2, 0) is 31.7 Å². The monoisotopic (exact) mass is 586 g/mol. The number of benzene rings is 2. The number of rotatable bonds is 12. The Morgan fingerprint density at radius 3 is 2.24 bits per heavy atom. The van der Waals surface area contributed by atoms with Gasteiger partial charge in [0.2, 0.25) is 5.91 Å². The van der Waals surface area contributed by atoms with Crippen LogP contribution in [-0.4, -0.2) is 42.8 Å². The Morgan fingerprint density at radius 2 is 1.64 bits per heavy atom. The molecule has 0 heterocycles. The maximum absolute atomic E-state index is 14.0. The number of esters is 1. The number of methoxy groups -OCH3 is 1. The Kier molecular flexibility index (Phi) is 11.3. The maximum Gasteiger partial charge on any atom is 0.305 e. The summed E-state index contributed by atoms with van der Waals surface area (Å²) in [5.41, 5.74) is 1.46. The first-order chi connectivity index (χ1) is 19.6. The smallest absolute Gasteiger partial charge is 0.305 e. The summed E-state index contributed by atoms with van der Waals surface area (Å²) in [6.45, 7) is 10.2. The van der Waals surface area contributed by atoms with Crippen LogP contribution in [0.15, 0.2) is 42.5 Å². The average molecular weight is 587 g/mol. The topological polar surface area (TPSA) is 87.7 Å². The molecule has 2 aromatic rings. The lowest BCUT2D eigenvalue weighted by Gasteiger charge is -2.41. The van der Waals surface area contributed by atoms with Crippen LogP contribution < -0.4 is 10.6 Å². The molecule has 3 rings (SSSR count). The van der Waals surface area contributed by atoms with Crippen LogP contribution in [0.25, 0.3) is 0 Å². The lowest BCUT2D eigenvalue weighted by Crippen LogP contribution is -2.55. The van der Waals surface area contributed by atoms with Crippen molar-refractivity contribution in [2.45, 2.75) is 109 Å². The van der Waals surface area contributed by atoms with Gasteiger partial charge in [0.15, 0.2) is 0 Å². The van der Waals surface area contributed by atoms with Gasteiger partial charge in [0.05, 0.1) is 19.3 Å². The molecule has 0 saturated heterocycles. The number of hydrogen-bond donors (Lipinski definition) is 3. The minimum Gasteiger partial charge on any atom is -0.469 e. The van der Waals surface area contributed by atoms with Gasteiger partial charge in [-0.2, -0.15) is 0 Å². The second-order valence-corrected chi connectivity index (χ2v) is 13.4. The maximum atomic E-state index is 14.0. The summed E-state index contributed by atoms with van der Waals surface area (Å²) in [4.78, 5) is 25.1. The fourth-order valence-electron chi connectivity index (χ4n) is 5.71. The number of aliphatic hydroxyl groups excluding tert-OH is 1. The van der Waals surface area contributed by atoms with Crippen molar-refractivity contribution in [2.75, 3.05) is 13.7 Å². The van der Waals surface area contributed by atoms with E-state index in [2.05, 4.69) is 55.7 Å². The van der Waals surface area contributed by atoms with Crippen LogP contribution in [0.4, 0.5) is 8.78 Å². The van der Waals surface area contributed by atoms with Gasteiger partial charge < -0.3 is 20.5 Å². The number of hydrogen-bond acceptors (Lipinski definition) is 5. The first-order valence-electron chi connectivity index (χ1n) is 15.0. The summed E-state index contributed by atoms with van der Waals surface area (Å²) in [6, 6.07) is 11.0. The van der Waals surface area contributed by atoms with Gasteiger partial charge in [-0.25, -0.2) is 8.78 Å². The second kappa shape index (κ2) is 14.1. The molecule has 0 radical (unpaired) electrons. The molecule has 232 valence electrons. The molecule has 0 aliphatic heterocycles. The molecule has 0 spiro atoms. The minimum atomic E-state index is -1.05. The van der Waals surface area contributed by atoms with Crippen LogP contribution >= 0.6 is 0 Å². The zero-order valence-corrected chi connectivity index (χ0v) is 26.0. The molecule has 2 unspecified atom stereocenters. The standard InChI is InChI=1S/C34H48F2N2O4/c1-32(2,3)24-11-10-12-25(20-24)34(14-8-7-9-15-34)37-22-29(39)28(19-23-17-26(35)21-27(36)18-23)38-31(41)33(4,5)16-13-30(40)42-6/h10-12,17-18,20-21,28-29,37,39H,7-9,13-16,19,22H2,1-6H3,(H,38,41). The molecule has 3 N–H and O–H groups in total. The average Bonchev–Trinajstić information content (AvgIpc) is 2.93. The molecule has 2 aromatic carbocycles. The quantitative estimate of drug-likeness (QED) is 0.263. The minimum absolute atomic E-state index is 0.0122. The molecular weight excluding hydrogens is 538 g/mol. The summed E-state index contributed by atoms with van der Waals surface area (Å²) in [5, 5.41) is 18.1. The molecule has 6 nitrogen and oxygen atoms in total. The van der Waals surface area contributed by atoms with E-state index >= 15 is 0 Å². The van der Waals surface area contributed by atoms with Crippen molar-refractivity contribution in [3.05, 3.63) is 70.8 Å². The van der Waals surface area contributed by atoms with Crippen molar-refractivity contribution in [3.63, 3.8) is 0 Å². The van der Waals surface area contributed by atoms with Gasteiger partial charge in [-0.3, -0.25) is 9.59 Å². The summed E-state index contributed by atoms with van der Waals surface area (Å²) < 4.78 is 32.8. The number of halogens is 2. The molecule has 42 heavy (non-hydrogen) atoms. The van der Waals surface area contributed by atoms with Crippen LogP contribution in [0, 0.1) is 17.0 Å². The fourth-order valence-corrected chi connectivity index (χ4v) is 5.71. The SMILES string of the molecule is COC(=O)CCC(C)(C)C(=O)NC(Cc1cc(F)cc(F)c1)C(O)CNC1(c2cccc(C(C)(C)C)c2)CCCCC1. The van der Waals surface area contributed by atoms with Gasteiger partial charge >= 0.3 is 5.97 Å². The van der Waals surface area contributed by atoms with E-state index in [-0.39, 0.29) is 42.7 Å². The van der Waals surface area contributed by atoms with Crippen molar-refractivity contribution in [1.82, 2.24) is 10.6 Å². The van der Waals surface area contributed by atoms with Crippen molar-refractivity contribution in [2.24, 2.45) is 5.41 Å². The Hall–Kier alpha value is -2.84. The lowest BCUT2D eigenvalue weighted by atomic mass is 9.74. The van der Waals surface area contributed by atoms with Crippen molar-refractivity contribution in [3.8, 4) is 0 Å². The molecule has 1 amide bonds. The van der Waals surface area contributed by atoms with Crippen LogP contribution in [0.3, 0.4) is 0 Å². The van der Waals surface area contributed by atoms with E-state index in [1.54, 1.807) is 13.8 Å². The van der Waals surface area contributed by atoms with Gasteiger partial charge in [0.25, 0.3) is 0 Å². The zero-order chi connectivity index (χ0) is 31.1. The third-order valence-corrected chi connectivity index (χ3v) is 8.59. The van der Waals surface area contributed by atoms with E-state index in [0.29, 0.717) is 5.56 Å². The molecule has 1 saturated carbocycles. The molecule has 1 aliphatic rings. The fraction of sp³-hybridized carbons (Fsp3) is 0.588. The molecule has 1 aliphatic carbocycles. The van der Waals surface area contributed by atoms with Gasteiger partial charge in [-0.15, -0.1) is 0 Å². The Bertz CT molecular complexity index is 1200. The largest absolute Gasteiger partial charge is 0.469 e. The van der Waals surface area contributed by atoms with E-state index in [9.17, 15) is 23.5 Å². The highest BCUT2D eigenvalue weighted by Gasteiger charge is 2.37. The number of amides is 1. The number of carbonyl (C=O) groups excluding carboxylic acids is 2. The summed E-state index contributed by atoms with van der Waals surface area (Å²) in [6.07, 6.45) is 4.38. The van der Waals surface area contributed by atoms with Crippen LogP contribution in [0.2, 0.25) is 0 Å². The summed E-state index contributed by atoms with van der Waals surface area (Å²) >= 11 is 0. The first-order valence-corrected chi connectivity index (χ1v) is 15.0. The van der Waals surface area contributed by atoms with Gasteiger partial charge in [0, 0.05) is 30.0 Å². The highest BCUT2D eigenvalue weighted by atomic mass is 19.1. The third kappa shape index (κ3) is 9.08. The zero-order valence-electron chi connectivity index (χ0n) is 26.0. The number of carbonyl (C=O) groups is 2. The van der Waals surface area contributed by atoms with Gasteiger partial charge in [-0.1, -0.05) is 78.1 Å². The normalized spacial score (nSPS) is 16.9. The number of nitrogens with one attached hydrogen (secondary N) is 2. The predicted octanol–water partition coefficient (Wildman–Crippen LogP) is 6.08. The second-order valence-electron chi connectivity index (χ2n) is 13.4. The van der Waals surface area contributed by atoms with E-state index in [0.717, 1.165) is 38.2 Å². The number of ether oxygens (including phenoxy) is 1. The summed E-state index contributed by atoms with van der Waals surface area (Å²) in [5.74, 6) is -2.22. The molecule has 0 bridgehead atoms. The lowest BCUT2D eigenvalue weighted by molar-refractivity contribution is -0.142. The highest BCUT2D eigenvalue weighted by molar-refractivity contribution is 5.83. The molecule has 1 fully saturated rings. The predicted molar refractivity (Wildman–Crippen MR) is 161 cm³/mol. The van der Waals surface area contributed by atoms with Crippen LogP contribution in [0.1, 0.15) is 96.3 Å². The Balaban J connectivity index is 1.85. The van der Waals surface area contributed by atoms with Crippen molar-refractivity contribution < 1.29 is 28.2 Å². The van der Waals surface area contributed by atoms with Crippen molar-refractivity contribution >= 4 is 11.9 Å². The third-order valence-electron chi connectivity index (χ3n) is 8.59. The number of aliphatic hydroxyl groups is 1. The van der Waals surface area contributed by atoms with E-state index in [4.69, 9.17) is 4.74 Å². The van der Waals surface area contributed by atoms with Gasteiger partial charge in [-0.05, 0) is 59.9 Å². The molecular formula is C34H48F2N2O4. The van der Waals surface area contributed by atoms with Crippen LogP contribution in [0.5, 0.6) is 0 Å². The Labute approximate surface area is 249 Å². The summed E-state index contributed by atoms with van der Waals surface area (Å²) in [7, 11) is 1.30. The highest BCUT2D eigenvalue weighted by Crippen LogP contribution is 2.39. The molecule has 0 aromatic heterocycles. The van der Waals surface area contributed by atoms with Crippen molar-refractivity contribution in [1.29, 1.82) is 0 Å². The first kappa shape index (κ1) is 33.7. The Morgan fingerprint density at radius 1 is 1.00 bits per heavy atom. The molecule has 8 heteroatoms. The van der Waals surface area contributed by atoms with Gasteiger partial charge in [0.1, 0.15) is 11.6 Å². The van der Waals surface area contributed by atoms with E-state index < -0.39 is 35.2 Å².